The van der Waals surface area contributed by atoms with E-state index in [4.69, 9.17) is 15.2 Å². The second kappa shape index (κ2) is 12.5. The molecule has 1 aromatic rings. The summed E-state index contributed by atoms with van der Waals surface area (Å²) < 4.78 is 10.6. The summed E-state index contributed by atoms with van der Waals surface area (Å²) >= 11 is 0. The average molecular weight is 400 g/mol. The van der Waals surface area contributed by atoms with Gasteiger partial charge in [-0.25, -0.2) is 0 Å². The summed E-state index contributed by atoms with van der Waals surface area (Å²) in [5.74, 6) is 0.403. The molecule has 0 radical (unpaired) electrons. The van der Waals surface area contributed by atoms with Gasteiger partial charge in [0.1, 0.15) is 5.75 Å². The maximum absolute atomic E-state index is 12.6. The topological polar surface area (TPSA) is 93.9 Å². The molecule has 0 bridgehead atoms. The molecule has 0 saturated carbocycles. The van der Waals surface area contributed by atoms with Gasteiger partial charge in [-0.2, -0.15) is 0 Å². The number of morpholine rings is 1. The Balaban J connectivity index is 0.00000364. The Morgan fingerprint density at radius 1 is 1.19 bits per heavy atom. The molecule has 7 nitrogen and oxygen atoms in total. The van der Waals surface area contributed by atoms with Gasteiger partial charge in [0, 0.05) is 25.1 Å². The molecule has 0 aromatic heterocycles. The molecule has 152 valence electrons. The Morgan fingerprint density at radius 2 is 1.89 bits per heavy atom. The monoisotopic (exact) mass is 399 g/mol. The van der Waals surface area contributed by atoms with Gasteiger partial charge in [0.15, 0.2) is 0 Å². The Kier molecular flexibility index (Phi) is 10.8. The van der Waals surface area contributed by atoms with Crippen LogP contribution in [0.4, 0.5) is 5.69 Å². The highest BCUT2D eigenvalue weighted by Crippen LogP contribution is 2.26. The van der Waals surface area contributed by atoms with E-state index in [0.29, 0.717) is 56.3 Å². The zero-order valence-corrected chi connectivity index (χ0v) is 16.7. The number of nitrogens with two attached hydrogens (primary N) is 1. The Hall–Kier alpha value is -1.83. The number of nitrogens with zero attached hydrogens (tertiary/aromatic N) is 1. The molecule has 0 unspecified atom stereocenters. The van der Waals surface area contributed by atoms with Crippen molar-refractivity contribution < 1.29 is 19.1 Å². The number of benzene rings is 1. The minimum atomic E-state index is -0.0768. The molecule has 1 heterocycles. The summed E-state index contributed by atoms with van der Waals surface area (Å²) in [4.78, 5) is 26.6. The molecule has 1 aliphatic heterocycles. The van der Waals surface area contributed by atoms with Crippen LogP contribution < -0.4 is 15.8 Å². The molecular formula is C19H30ClN3O4. The van der Waals surface area contributed by atoms with E-state index in [1.807, 2.05) is 0 Å². The minimum absolute atomic E-state index is 0. The zero-order valence-electron chi connectivity index (χ0n) is 15.9. The van der Waals surface area contributed by atoms with E-state index in [1.54, 1.807) is 30.2 Å². The molecule has 1 fully saturated rings. The molecule has 0 atom stereocenters. The smallest absolute Gasteiger partial charge is 0.254 e. The number of hydrogen-bond acceptors (Lipinski definition) is 5. The highest BCUT2D eigenvalue weighted by molar-refractivity contribution is 5.98. The number of carbonyl (C=O) groups is 2. The van der Waals surface area contributed by atoms with Gasteiger partial charge in [0.25, 0.3) is 5.91 Å². The molecule has 27 heavy (non-hydrogen) atoms. The number of halogens is 1. The van der Waals surface area contributed by atoms with E-state index < -0.39 is 0 Å². The van der Waals surface area contributed by atoms with Crippen molar-refractivity contribution in [1.29, 1.82) is 0 Å². The van der Waals surface area contributed by atoms with Crippen molar-refractivity contribution in [2.24, 2.45) is 5.73 Å². The van der Waals surface area contributed by atoms with Crippen LogP contribution in [-0.2, 0) is 9.53 Å². The third-order valence-electron chi connectivity index (χ3n) is 4.38. The lowest BCUT2D eigenvalue weighted by Gasteiger charge is -2.27. The van der Waals surface area contributed by atoms with Gasteiger partial charge in [-0.3, -0.25) is 9.59 Å². The van der Waals surface area contributed by atoms with Crippen LogP contribution in [0.2, 0.25) is 0 Å². The number of unbranched alkanes of at least 4 members (excludes halogenated alkanes) is 3. The molecule has 1 aliphatic rings. The second-order valence-corrected chi connectivity index (χ2v) is 6.32. The molecule has 3 N–H and O–H groups in total. The zero-order chi connectivity index (χ0) is 18.8. The third-order valence-corrected chi connectivity index (χ3v) is 4.38. The molecule has 1 saturated heterocycles. The third kappa shape index (κ3) is 7.36. The van der Waals surface area contributed by atoms with Crippen molar-refractivity contribution in [3.8, 4) is 5.75 Å². The summed E-state index contributed by atoms with van der Waals surface area (Å²) in [6.45, 7) is 2.95. The molecule has 8 heteroatoms. The SMILES string of the molecule is COc1ccc(C(=O)N2CCOCC2)cc1NC(=O)CCCCCCN.Cl. The van der Waals surface area contributed by atoms with Crippen molar-refractivity contribution in [2.75, 3.05) is 45.3 Å². The largest absolute Gasteiger partial charge is 0.495 e. The van der Waals surface area contributed by atoms with Crippen molar-refractivity contribution in [3.05, 3.63) is 23.8 Å². The summed E-state index contributed by atoms with van der Waals surface area (Å²) in [6, 6.07) is 5.12. The van der Waals surface area contributed by atoms with Crippen LogP contribution in [0.25, 0.3) is 0 Å². The first kappa shape index (κ1) is 23.2. The molecule has 0 spiro atoms. The van der Waals surface area contributed by atoms with Crippen molar-refractivity contribution >= 4 is 29.9 Å². The van der Waals surface area contributed by atoms with Gasteiger partial charge in [0.2, 0.25) is 5.91 Å². The highest BCUT2D eigenvalue weighted by atomic mass is 35.5. The number of carbonyl (C=O) groups excluding carboxylic acids is 2. The summed E-state index contributed by atoms with van der Waals surface area (Å²) in [5.41, 5.74) is 6.53. The lowest BCUT2D eigenvalue weighted by molar-refractivity contribution is -0.116. The number of methoxy groups -OCH3 is 1. The quantitative estimate of drug-likeness (QED) is 0.622. The predicted molar refractivity (Wildman–Crippen MR) is 108 cm³/mol. The number of anilines is 1. The second-order valence-electron chi connectivity index (χ2n) is 6.32. The number of nitrogens with one attached hydrogen (secondary N) is 1. The first-order valence-corrected chi connectivity index (χ1v) is 9.20. The standard InChI is InChI=1S/C19H29N3O4.ClH/c1-25-17-8-7-15(19(24)22-10-12-26-13-11-22)14-16(17)21-18(23)6-4-2-3-5-9-20;/h7-8,14H,2-6,9-13,20H2,1H3,(H,21,23);1H. The fourth-order valence-electron chi connectivity index (χ4n) is 2.88. The lowest BCUT2D eigenvalue weighted by atomic mass is 10.1. The van der Waals surface area contributed by atoms with Crippen LogP contribution in [0.3, 0.4) is 0 Å². The molecule has 1 aromatic carbocycles. The Labute approximate surface area is 167 Å². The fraction of sp³-hybridized carbons (Fsp3) is 0.579. The molecule has 2 rings (SSSR count). The van der Waals surface area contributed by atoms with E-state index in [1.165, 1.54) is 0 Å². The van der Waals surface area contributed by atoms with Gasteiger partial charge < -0.3 is 25.4 Å². The number of hydrogen-bond donors (Lipinski definition) is 2. The summed E-state index contributed by atoms with van der Waals surface area (Å²) in [5, 5.41) is 2.87. The van der Waals surface area contributed by atoms with Crippen LogP contribution in [0.5, 0.6) is 5.75 Å². The normalized spacial score (nSPS) is 13.6. The van der Waals surface area contributed by atoms with E-state index in [-0.39, 0.29) is 24.2 Å². The number of ether oxygens (including phenoxy) is 2. The molecular weight excluding hydrogens is 370 g/mol. The Morgan fingerprint density at radius 3 is 2.56 bits per heavy atom. The summed E-state index contributed by atoms with van der Waals surface area (Å²) in [7, 11) is 1.54. The van der Waals surface area contributed by atoms with Crippen LogP contribution in [0, 0.1) is 0 Å². The van der Waals surface area contributed by atoms with Gasteiger partial charge in [-0.15, -0.1) is 12.4 Å². The fourth-order valence-corrected chi connectivity index (χ4v) is 2.88. The lowest BCUT2D eigenvalue weighted by Crippen LogP contribution is -2.40. The van der Waals surface area contributed by atoms with E-state index in [9.17, 15) is 9.59 Å². The van der Waals surface area contributed by atoms with Crippen LogP contribution in [-0.4, -0.2) is 56.7 Å². The van der Waals surface area contributed by atoms with Gasteiger partial charge >= 0.3 is 0 Å². The Bertz CT molecular complexity index is 607. The summed E-state index contributed by atoms with van der Waals surface area (Å²) in [6.07, 6.45) is 4.27. The van der Waals surface area contributed by atoms with Crippen LogP contribution in [0.15, 0.2) is 18.2 Å². The van der Waals surface area contributed by atoms with Crippen LogP contribution >= 0.6 is 12.4 Å². The number of amides is 2. The van der Waals surface area contributed by atoms with Gasteiger partial charge in [-0.05, 0) is 37.6 Å². The average Bonchev–Trinajstić information content (AvgIpc) is 2.68. The maximum atomic E-state index is 12.6. The first-order valence-electron chi connectivity index (χ1n) is 9.20. The van der Waals surface area contributed by atoms with E-state index in [0.717, 1.165) is 25.7 Å². The first-order chi connectivity index (χ1) is 12.7. The van der Waals surface area contributed by atoms with Gasteiger partial charge in [0.05, 0.1) is 26.0 Å². The number of rotatable bonds is 9. The van der Waals surface area contributed by atoms with Gasteiger partial charge in [-0.1, -0.05) is 12.8 Å². The minimum Gasteiger partial charge on any atom is -0.495 e. The van der Waals surface area contributed by atoms with Crippen molar-refractivity contribution in [3.63, 3.8) is 0 Å². The van der Waals surface area contributed by atoms with E-state index in [2.05, 4.69) is 5.32 Å². The molecule has 0 aliphatic carbocycles. The van der Waals surface area contributed by atoms with Crippen molar-refractivity contribution in [2.45, 2.75) is 32.1 Å². The van der Waals surface area contributed by atoms with Crippen LogP contribution in [0.1, 0.15) is 42.5 Å². The maximum Gasteiger partial charge on any atom is 0.254 e. The highest BCUT2D eigenvalue weighted by Gasteiger charge is 2.20. The van der Waals surface area contributed by atoms with E-state index >= 15 is 0 Å². The van der Waals surface area contributed by atoms with Crippen molar-refractivity contribution in [1.82, 2.24) is 4.90 Å². The predicted octanol–water partition coefficient (Wildman–Crippen LogP) is 2.44. The molecule has 2 amide bonds.